The minimum atomic E-state index is -2.33. The molecule has 9 heteroatoms. The van der Waals surface area contributed by atoms with Gasteiger partial charge in [0.25, 0.3) is 0 Å². The van der Waals surface area contributed by atoms with Crippen molar-refractivity contribution in [1.82, 2.24) is 9.97 Å². The molecule has 3 aromatic heterocycles. The number of aryl methyl sites for hydroxylation is 1. The van der Waals surface area contributed by atoms with Crippen molar-refractivity contribution < 1.29 is 33.0 Å². The standard InChI is InChI=1S/C38H30FN3S.C15H17FNSi.Ir/c1-21(2)27-11-7-12-28(22(3)4)35(27)42-34-20-24-10-6-5-9-23(24)19-33(34)40-37(42)30-14-8-13-29-31-18-25-17-26(39)15-16-32(25)41-38(31)43-36(29)30;1-11-5-7-13(14(16)9-11)15-8-6-12(10-17-15)18(2,3)4;/h5-13,15-22,37H,1-4H3;5-6,8-10H,1-4H3;/q-2;-1;+3/i;1D3;. The van der Waals surface area contributed by atoms with Crippen LogP contribution in [0.2, 0.25) is 19.6 Å². The minimum absolute atomic E-state index is 0. The van der Waals surface area contributed by atoms with Gasteiger partial charge in [-0.1, -0.05) is 125 Å². The fourth-order valence-corrected chi connectivity index (χ4v) is 10.4. The minimum Gasteiger partial charge on any atom is -0.661 e. The normalized spacial score (nSPS) is 14.7. The molecule has 0 aliphatic carbocycles. The number of benzene rings is 6. The molecule has 0 bridgehead atoms. The summed E-state index contributed by atoms with van der Waals surface area (Å²) in [5, 5.41) is 12.0. The fourth-order valence-electron chi connectivity index (χ4n) is 8.22. The molecule has 0 saturated carbocycles. The molecule has 1 aliphatic rings. The number of anilines is 2. The van der Waals surface area contributed by atoms with Gasteiger partial charge in [0.05, 0.1) is 13.6 Å². The van der Waals surface area contributed by atoms with Crippen LogP contribution in [0.25, 0.3) is 58.6 Å². The predicted molar refractivity (Wildman–Crippen MR) is 256 cm³/mol. The van der Waals surface area contributed by atoms with E-state index in [-0.39, 0.29) is 43.2 Å². The van der Waals surface area contributed by atoms with Crippen LogP contribution in [0.4, 0.5) is 25.8 Å². The van der Waals surface area contributed by atoms with Gasteiger partial charge in [0.2, 0.25) is 0 Å². The average molecular weight is 1030 g/mol. The summed E-state index contributed by atoms with van der Waals surface area (Å²) in [4.78, 5) is 12.6. The second-order valence-corrected chi connectivity index (χ2v) is 23.4. The van der Waals surface area contributed by atoms with E-state index in [1.54, 1.807) is 35.7 Å². The second-order valence-electron chi connectivity index (χ2n) is 17.4. The van der Waals surface area contributed by atoms with Crippen LogP contribution in [-0.4, -0.2) is 18.0 Å². The monoisotopic (exact) mass is 1030 g/mol. The molecular weight excluding hydrogens is 983 g/mol. The van der Waals surface area contributed by atoms with Crippen molar-refractivity contribution in [1.29, 1.82) is 0 Å². The van der Waals surface area contributed by atoms with Gasteiger partial charge in [-0.3, -0.25) is 4.39 Å². The van der Waals surface area contributed by atoms with Crippen molar-refractivity contribution in [2.75, 3.05) is 4.90 Å². The van der Waals surface area contributed by atoms with Gasteiger partial charge in [-0.2, -0.15) is 29.5 Å². The number of fused-ring (bicyclic) bond motifs is 6. The molecule has 0 N–H and O–H groups in total. The van der Waals surface area contributed by atoms with Crippen LogP contribution in [0.15, 0.2) is 121 Å². The quantitative estimate of drug-likeness (QED) is 0.123. The summed E-state index contributed by atoms with van der Waals surface area (Å²) in [6, 6.07) is 43.1. The number of thiophene rings is 1. The maximum atomic E-state index is 14.1. The number of hydrogen-bond donors (Lipinski definition) is 0. The largest absolute Gasteiger partial charge is 3.00 e. The Hall–Kier alpha value is -5.31. The van der Waals surface area contributed by atoms with Crippen molar-refractivity contribution in [3.8, 4) is 11.3 Å². The number of halogens is 2. The van der Waals surface area contributed by atoms with Crippen LogP contribution in [-0.2, 0) is 20.1 Å². The molecule has 1 atom stereocenters. The van der Waals surface area contributed by atoms with Gasteiger partial charge >= 0.3 is 20.1 Å². The van der Waals surface area contributed by atoms with Crippen molar-refractivity contribution >= 4 is 83.6 Å². The van der Waals surface area contributed by atoms with Crippen molar-refractivity contribution in [2.45, 2.75) is 72.2 Å². The van der Waals surface area contributed by atoms with Gasteiger partial charge in [0.15, 0.2) is 0 Å². The Balaban J connectivity index is 0.000000222. The third kappa shape index (κ3) is 8.08. The molecular formula is C53H47F2IrN4SSi. The van der Waals surface area contributed by atoms with E-state index in [9.17, 15) is 8.78 Å². The number of aromatic nitrogens is 2. The number of para-hydroxylation sites is 1. The third-order valence-electron chi connectivity index (χ3n) is 11.4. The van der Waals surface area contributed by atoms with Crippen LogP contribution in [0.5, 0.6) is 0 Å². The first-order valence-corrected chi connectivity index (χ1v) is 25.0. The average Bonchev–Trinajstić information content (AvgIpc) is 3.81. The van der Waals surface area contributed by atoms with E-state index in [0.29, 0.717) is 17.5 Å². The van der Waals surface area contributed by atoms with E-state index < -0.39 is 20.7 Å². The molecule has 1 aliphatic heterocycles. The van der Waals surface area contributed by atoms with Crippen molar-refractivity contribution in [2.24, 2.45) is 0 Å². The van der Waals surface area contributed by atoms with Crippen LogP contribution in [0, 0.1) is 30.6 Å². The maximum absolute atomic E-state index is 14.1. The molecule has 9 aromatic rings. The molecule has 0 fully saturated rings. The van der Waals surface area contributed by atoms with Gasteiger partial charge in [-0.15, -0.1) is 40.4 Å². The number of pyridine rings is 2. The van der Waals surface area contributed by atoms with Crippen LogP contribution >= 0.6 is 11.3 Å². The Bertz CT molecular complexity index is 3210. The van der Waals surface area contributed by atoms with E-state index in [4.69, 9.17) is 14.4 Å². The van der Waals surface area contributed by atoms with Gasteiger partial charge in [-0.05, 0) is 86.5 Å². The Morgan fingerprint density at radius 1 is 0.806 bits per heavy atom. The maximum Gasteiger partial charge on any atom is 3.00 e. The summed E-state index contributed by atoms with van der Waals surface area (Å²) < 4.78 is 51.1. The summed E-state index contributed by atoms with van der Waals surface area (Å²) in [5.74, 6) is -0.200. The zero-order valence-corrected chi connectivity index (χ0v) is 39.8. The van der Waals surface area contributed by atoms with Crippen LogP contribution in [0.3, 0.4) is 0 Å². The SMILES string of the molecule is CC(C)c1cccc(C(C)C)c1N1c2cc3ccccc3cc2[N-]C1c1[c-]ccc2c1sc1nc3ccc(F)cc3cc12.[2H]C([2H])([2H])c1c[c-]c(-c2ccc([Si](C)(C)C)cn2)c(F)c1.[Ir+3]. The molecule has 0 spiro atoms. The fraction of sp³-hybridized carbons (Fsp3) is 0.208. The Labute approximate surface area is 385 Å². The Morgan fingerprint density at radius 2 is 1.55 bits per heavy atom. The first-order chi connectivity index (χ1) is 30.5. The second kappa shape index (κ2) is 17.1. The number of nitrogens with zero attached hydrogens (tertiary/aromatic N) is 4. The zero-order valence-electron chi connectivity index (χ0n) is 38.6. The van der Waals surface area contributed by atoms with E-state index in [1.165, 1.54) is 44.9 Å². The summed E-state index contributed by atoms with van der Waals surface area (Å²) in [6.07, 6.45) is 1.47. The van der Waals surface area contributed by atoms with E-state index in [0.717, 1.165) is 54.2 Å². The third-order valence-corrected chi connectivity index (χ3v) is 14.6. The van der Waals surface area contributed by atoms with Gasteiger partial charge in [-0.25, -0.2) is 9.37 Å². The van der Waals surface area contributed by atoms with Gasteiger partial charge in [0, 0.05) is 32.9 Å². The number of rotatable bonds is 6. The van der Waals surface area contributed by atoms with Crippen molar-refractivity contribution in [3.05, 3.63) is 173 Å². The Morgan fingerprint density at radius 3 is 2.21 bits per heavy atom. The first kappa shape index (κ1) is 39.5. The smallest absolute Gasteiger partial charge is 0.661 e. The van der Waals surface area contributed by atoms with E-state index >= 15 is 0 Å². The summed E-state index contributed by atoms with van der Waals surface area (Å²) in [7, 11) is -1.45. The summed E-state index contributed by atoms with van der Waals surface area (Å²) in [5.41, 5.74) is 8.40. The molecule has 6 aromatic carbocycles. The molecule has 10 rings (SSSR count). The molecule has 0 saturated heterocycles. The molecule has 4 heterocycles. The Kier molecular flexibility index (Phi) is 10.9. The van der Waals surface area contributed by atoms with Gasteiger partial charge < -0.3 is 15.2 Å². The van der Waals surface area contributed by atoms with Crippen molar-refractivity contribution in [3.63, 3.8) is 0 Å². The predicted octanol–water partition coefficient (Wildman–Crippen LogP) is 15.3. The van der Waals surface area contributed by atoms with E-state index in [2.05, 4.69) is 136 Å². The molecule has 312 valence electrons. The topological polar surface area (TPSA) is 43.1 Å². The van der Waals surface area contributed by atoms with Crippen LogP contribution in [0.1, 0.15) is 72.1 Å². The molecule has 62 heavy (non-hydrogen) atoms. The molecule has 0 amide bonds. The van der Waals surface area contributed by atoms with Gasteiger partial charge in [0.1, 0.15) is 10.6 Å². The summed E-state index contributed by atoms with van der Waals surface area (Å²) in [6.45, 7) is 13.4. The zero-order chi connectivity index (χ0) is 45.2. The molecule has 0 radical (unpaired) electrons. The molecule has 4 nitrogen and oxygen atoms in total. The number of hydrogen-bond acceptors (Lipinski definition) is 4. The molecule has 1 unspecified atom stereocenters. The summed E-state index contributed by atoms with van der Waals surface area (Å²) >= 11 is 1.67. The first-order valence-electron chi connectivity index (χ1n) is 22.1. The van der Waals surface area contributed by atoms with Crippen LogP contribution < -0.4 is 10.1 Å². The van der Waals surface area contributed by atoms with E-state index in [1.807, 2.05) is 12.1 Å².